The Morgan fingerprint density at radius 3 is 2.57 bits per heavy atom. The number of aromatic nitrogens is 1. The van der Waals surface area contributed by atoms with E-state index in [0.29, 0.717) is 0 Å². The Kier molecular flexibility index (Phi) is 3.95. The average Bonchev–Trinajstić information content (AvgIpc) is 2.36. The number of nitrogens with two attached hydrogens (primary N) is 1. The maximum absolute atomic E-state index is 12.9. The molecule has 4 nitrogen and oxygen atoms in total. The number of primary amides is 1. The van der Waals surface area contributed by atoms with Crippen molar-refractivity contribution < 1.29 is 18.0 Å². The number of halogens is 4. The third kappa shape index (κ3) is 3.18. The lowest BCUT2D eigenvalue weighted by atomic mass is 10.1. The summed E-state index contributed by atoms with van der Waals surface area (Å²) in [4.78, 5) is 22.5. The van der Waals surface area contributed by atoms with Crippen LogP contribution in [-0.2, 0) is 17.5 Å². The summed E-state index contributed by atoms with van der Waals surface area (Å²) < 4.78 is 40.0. The van der Waals surface area contributed by atoms with Crippen molar-refractivity contribution in [2.75, 3.05) is 0 Å². The second kappa shape index (κ2) is 5.40. The van der Waals surface area contributed by atoms with E-state index < -0.39 is 28.1 Å². The molecule has 0 fully saturated rings. The van der Waals surface area contributed by atoms with Gasteiger partial charge in [-0.05, 0) is 12.1 Å². The molecule has 1 aromatic carbocycles. The highest BCUT2D eigenvalue weighted by Gasteiger charge is 2.33. The summed E-state index contributed by atoms with van der Waals surface area (Å²) in [5.41, 5.74) is 3.60. The van der Waals surface area contributed by atoms with Crippen molar-refractivity contribution in [3.8, 4) is 0 Å². The van der Waals surface area contributed by atoms with E-state index in [4.69, 9.17) is 17.3 Å². The van der Waals surface area contributed by atoms with Crippen molar-refractivity contribution in [3.05, 3.63) is 45.2 Å². The van der Waals surface area contributed by atoms with Crippen LogP contribution in [0.4, 0.5) is 13.2 Å². The fourth-order valence-electron chi connectivity index (χ4n) is 1.97. The first-order valence-electron chi connectivity index (χ1n) is 5.88. The van der Waals surface area contributed by atoms with Gasteiger partial charge in [0.05, 0.1) is 16.1 Å². The number of amides is 1. The molecular formula is C13H10ClF3N2O2. The number of alkyl halides is 3. The molecule has 0 aliphatic carbocycles. The number of hydrogen-bond acceptors (Lipinski definition) is 2. The van der Waals surface area contributed by atoms with Crippen LogP contribution in [0.1, 0.15) is 12.0 Å². The molecule has 1 amide bonds. The molecule has 0 saturated heterocycles. The smallest absolute Gasteiger partial charge is 0.370 e. The van der Waals surface area contributed by atoms with Crippen LogP contribution < -0.4 is 11.2 Å². The highest BCUT2D eigenvalue weighted by Crippen LogP contribution is 2.36. The Balaban J connectivity index is 2.69. The fraction of sp³-hybridized carbons (Fsp3) is 0.231. The molecule has 1 heterocycles. The average molecular weight is 319 g/mol. The number of rotatable bonds is 3. The van der Waals surface area contributed by atoms with Gasteiger partial charge in [-0.1, -0.05) is 11.6 Å². The Bertz CT molecular complexity index is 768. The van der Waals surface area contributed by atoms with Gasteiger partial charge in [-0.3, -0.25) is 9.59 Å². The molecule has 2 aromatic rings. The summed E-state index contributed by atoms with van der Waals surface area (Å²) in [6.07, 6.45) is -3.37. The van der Waals surface area contributed by atoms with Gasteiger partial charge < -0.3 is 10.3 Å². The number of hydrogen-bond donors (Lipinski definition) is 1. The lowest BCUT2D eigenvalue weighted by Gasteiger charge is -2.14. The normalized spacial score (nSPS) is 11.8. The zero-order chi connectivity index (χ0) is 15.8. The van der Waals surface area contributed by atoms with E-state index in [1.165, 1.54) is 16.8 Å². The van der Waals surface area contributed by atoms with E-state index in [9.17, 15) is 22.8 Å². The van der Waals surface area contributed by atoms with E-state index in [1.807, 2.05) is 0 Å². The quantitative estimate of drug-likeness (QED) is 0.945. The van der Waals surface area contributed by atoms with Gasteiger partial charge in [0.15, 0.2) is 5.43 Å². The number of carbonyl (C=O) groups is 1. The van der Waals surface area contributed by atoms with Crippen LogP contribution >= 0.6 is 11.6 Å². The molecule has 0 radical (unpaired) electrons. The summed E-state index contributed by atoms with van der Waals surface area (Å²) in [6.45, 7) is 0.0744. The van der Waals surface area contributed by atoms with E-state index in [1.54, 1.807) is 0 Å². The lowest BCUT2D eigenvalue weighted by Crippen LogP contribution is -2.16. The van der Waals surface area contributed by atoms with Gasteiger partial charge in [0.1, 0.15) is 0 Å². The summed E-state index contributed by atoms with van der Waals surface area (Å²) in [6, 6.07) is 3.00. The maximum atomic E-state index is 12.9. The van der Waals surface area contributed by atoms with Crippen LogP contribution in [0, 0.1) is 0 Å². The minimum atomic E-state index is -4.63. The predicted octanol–water partition coefficient (Wildman–Crippen LogP) is 2.55. The largest absolute Gasteiger partial charge is 0.417 e. The lowest BCUT2D eigenvalue weighted by molar-refractivity contribution is -0.137. The Morgan fingerprint density at radius 2 is 2.00 bits per heavy atom. The van der Waals surface area contributed by atoms with Crippen LogP contribution in [0.3, 0.4) is 0 Å². The standard InChI is InChI=1S/C13H10ClF3N2O2/c14-9-5-7-10(6-8(9)13(15,16)17)19(3-1-11(7)20)4-2-12(18)21/h1,3,5-6H,2,4H2,(H2,18,21). The van der Waals surface area contributed by atoms with Gasteiger partial charge in [-0.25, -0.2) is 0 Å². The van der Waals surface area contributed by atoms with Crippen molar-refractivity contribution in [2.45, 2.75) is 19.1 Å². The van der Waals surface area contributed by atoms with Crippen molar-refractivity contribution in [2.24, 2.45) is 5.73 Å². The molecule has 0 spiro atoms. The molecule has 0 bridgehead atoms. The predicted molar refractivity (Wildman–Crippen MR) is 72.0 cm³/mol. The second-order valence-corrected chi connectivity index (χ2v) is 4.84. The number of fused-ring (bicyclic) bond motifs is 1. The molecule has 0 unspecified atom stereocenters. The van der Waals surface area contributed by atoms with E-state index >= 15 is 0 Å². The monoisotopic (exact) mass is 318 g/mol. The molecule has 0 saturated carbocycles. The molecule has 1 aromatic heterocycles. The first kappa shape index (κ1) is 15.4. The fourth-order valence-corrected chi connectivity index (χ4v) is 2.24. The summed E-state index contributed by atoms with van der Waals surface area (Å²) in [5, 5.41) is -0.486. The Hall–Kier alpha value is -2.02. The minimum Gasteiger partial charge on any atom is -0.370 e. The van der Waals surface area contributed by atoms with Gasteiger partial charge in [0.2, 0.25) is 5.91 Å². The topological polar surface area (TPSA) is 65.1 Å². The number of carbonyl (C=O) groups excluding carboxylic acids is 1. The molecule has 2 N–H and O–H groups in total. The number of aryl methyl sites for hydroxylation is 1. The molecule has 0 aliphatic heterocycles. The summed E-state index contributed by atoms with van der Waals surface area (Å²) in [5.74, 6) is -0.591. The Morgan fingerprint density at radius 1 is 1.33 bits per heavy atom. The van der Waals surface area contributed by atoms with E-state index in [2.05, 4.69) is 0 Å². The SMILES string of the molecule is NC(=O)CCn1ccc(=O)c2cc(Cl)c(C(F)(F)F)cc21. The third-order valence-corrected chi connectivity index (χ3v) is 3.28. The molecular weight excluding hydrogens is 309 g/mol. The summed E-state index contributed by atoms with van der Waals surface area (Å²) >= 11 is 5.60. The van der Waals surface area contributed by atoms with E-state index in [0.717, 1.165) is 12.1 Å². The van der Waals surface area contributed by atoms with Crippen molar-refractivity contribution in [3.63, 3.8) is 0 Å². The molecule has 112 valence electrons. The molecule has 2 rings (SSSR count). The van der Waals surface area contributed by atoms with Crippen LogP contribution in [-0.4, -0.2) is 10.5 Å². The molecule has 21 heavy (non-hydrogen) atoms. The maximum Gasteiger partial charge on any atom is 0.417 e. The van der Waals surface area contributed by atoms with Gasteiger partial charge >= 0.3 is 6.18 Å². The second-order valence-electron chi connectivity index (χ2n) is 4.44. The third-order valence-electron chi connectivity index (χ3n) is 2.97. The van der Waals surface area contributed by atoms with Crippen LogP contribution in [0.2, 0.25) is 5.02 Å². The van der Waals surface area contributed by atoms with Gasteiger partial charge in [0, 0.05) is 30.6 Å². The van der Waals surface area contributed by atoms with Gasteiger partial charge in [-0.15, -0.1) is 0 Å². The molecule has 8 heteroatoms. The first-order valence-corrected chi connectivity index (χ1v) is 6.26. The van der Waals surface area contributed by atoms with E-state index in [-0.39, 0.29) is 23.9 Å². The van der Waals surface area contributed by atoms with Crippen LogP contribution in [0.5, 0.6) is 0 Å². The number of benzene rings is 1. The molecule has 0 atom stereocenters. The van der Waals surface area contributed by atoms with Gasteiger partial charge in [-0.2, -0.15) is 13.2 Å². The van der Waals surface area contributed by atoms with Crippen molar-refractivity contribution in [1.29, 1.82) is 0 Å². The summed E-state index contributed by atoms with van der Waals surface area (Å²) in [7, 11) is 0. The van der Waals surface area contributed by atoms with Crippen molar-refractivity contribution in [1.82, 2.24) is 4.57 Å². The van der Waals surface area contributed by atoms with Crippen LogP contribution in [0.25, 0.3) is 10.9 Å². The highest BCUT2D eigenvalue weighted by atomic mass is 35.5. The zero-order valence-corrected chi connectivity index (χ0v) is 11.3. The minimum absolute atomic E-state index is 0.0536. The Labute approximate surface area is 121 Å². The first-order chi connectivity index (χ1) is 9.70. The van der Waals surface area contributed by atoms with Crippen LogP contribution in [0.15, 0.2) is 29.2 Å². The highest BCUT2D eigenvalue weighted by molar-refractivity contribution is 6.32. The number of nitrogens with zero attached hydrogens (tertiary/aromatic N) is 1. The van der Waals surface area contributed by atoms with Crippen molar-refractivity contribution >= 4 is 28.4 Å². The number of pyridine rings is 1. The van der Waals surface area contributed by atoms with Gasteiger partial charge in [0.25, 0.3) is 0 Å². The molecule has 0 aliphatic rings. The zero-order valence-electron chi connectivity index (χ0n) is 10.6.